The Morgan fingerprint density at radius 1 is 1.45 bits per heavy atom. The molecule has 112 valence electrons. The molecule has 0 heterocycles. The maximum atomic E-state index is 10.9. The lowest BCUT2D eigenvalue weighted by molar-refractivity contribution is -0.140. The fraction of sp³-hybridized carbons (Fsp3) is 0.688. The first-order valence-corrected chi connectivity index (χ1v) is 7.13. The zero-order chi connectivity index (χ0) is 15.1. The summed E-state index contributed by atoms with van der Waals surface area (Å²) in [6.07, 6.45) is 2.52. The van der Waals surface area contributed by atoms with Crippen molar-refractivity contribution >= 4 is 6.47 Å². The van der Waals surface area contributed by atoms with E-state index in [4.69, 9.17) is 4.74 Å². The molecule has 0 bridgehead atoms. The number of ether oxygens (including phenoxy) is 1. The van der Waals surface area contributed by atoms with Crippen LogP contribution in [0.4, 0.5) is 0 Å². The molecule has 2 aliphatic rings. The Bertz CT molecular complexity index is 430. The average Bonchev–Trinajstić information content (AvgIpc) is 2.63. The van der Waals surface area contributed by atoms with E-state index in [1.165, 1.54) is 0 Å². The van der Waals surface area contributed by atoms with Crippen LogP contribution >= 0.6 is 0 Å². The molecule has 1 saturated carbocycles. The Hall–Kier alpha value is -1.13. The first-order valence-electron chi connectivity index (χ1n) is 7.13. The first-order chi connectivity index (χ1) is 9.33. The maximum absolute atomic E-state index is 10.9. The van der Waals surface area contributed by atoms with Gasteiger partial charge in [-0.05, 0) is 25.2 Å². The Morgan fingerprint density at radius 2 is 2.10 bits per heavy atom. The minimum atomic E-state index is -0.801. The predicted molar refractivity (Wildman–Crippen MR) is 75.8 cm³/mol. The van der Waals surface area contributed by atoms with Gasteiger partial charge in [0.2, 0.25) is 0 Å². The number of hydrogen-bond donors (Lipinski definition) is 2. The van der Waals surface area contributed by atoms with Gasteiger partial charge in [-0.25, -0.2) is 0 Å². The van der Waals surface area contributed by atoms with E-state index in [-0.39, 0.29) is 17.8 Å². The third-order valence-corrected chi connectivity index (χ3v) is 5.25. The first kappa shape index (κ1) is 15.3. The van der Waals surface area contributed by atoms with Crippen molar-refractivity contribution in [3.8, 4) is 0 Å². The number of aliphatic hydroxyl groups excluding tert-OH is 2. The van der Waals surface area contributed by atoms with Crippen molar-refractivity contribution < 1.29 is 19.7 Å². The summed E-state index contributed by atoms with van der Waals surface area (Å²) in [4.78, 5) is 10.8. The molecule has 1 fully saturated rings. The number of aliphatic hydroxyl groups is 2. The highest BCUT2D eigenvalue weighted by molar-refractivity contribution is 5.38. The van der Waals surface area contributed by atoms with Crippen LogP contribution in [-0.2, 0) is 9.53 Å². The number of rotatable bonds is 3. The third-order valence-electron chi connectivity index (χ3n) is 5.25. The summed E-state index contributed by atoms with van der Waals surface area (Å²) in [5, 5.41) is 21.2. The van der Waals surface area contributed by atoms with E-state index in [0.29, 0.717) is 12.9 Å². The molecule has 0 amide bonds. The van der Waals surface area contributed by atoms with Crippen molar-refractivity contribution in [2.45, 2.75) is 45.5 Å². The minimum Gasteiger partial charge on any atom is -0.464 e. The molecule has 0 aliphatic heterocycles. The summed E-state index contributed by atoms with van der Waals surface area (Å²) in [6, 6.07) is 0. The smallest absolute Gasteiger partial charge is 0.293 e. The number of fused-ring (bicyclic) bond motifs is 1. The summed E-state index contributed by atoms with van der Waals surface area (Å²) in [5.41, 5.74) is 0.113. The van der Waals surface area contributed by atoms with Crippen LogP contribution in [-0.4, -0.2) is 35.0 Å². The largest absolute Gasteiger partial charge is 0.464 e. The Morgan fingerprint density at radius 3 is 2.65 bits per heavy atom. The zero-order valence-electron chi connectivity index (χ0n) is 12.3. The van der Waals surface area contributed by atoms with Crippen LogP contribution in [0, 0.1) is 23.2 Å². The SMILES string of the molecule is C=C(C)C1C(OC=O)C[C@@H](C)[C@@H]2C=CC(O)[C@@]2(C)[C@H]1O. The molecule has 0 radical (unpaired) electrons. The topological polar surface area (TPSA) is 66.8 Å². The molecule has 0 aromatic carbocycles. The van der Waals surface area contributed by atoms with Crippen molar-refractivity contribution in [3.63, 3.8) is 0 Å². The molecule has 4 heteroatoms. The van der Waals surface area contributed by atoms with Crippen LogP contribution in [0.5, 0.6) is 0 Å². The van der Waals surface area contributed by atoms with E-state index in [2.05, 4.69) is 13.5 Å². The molecule has 2 rings (SSSR count). The van der Waals surface area contributed by atoms with Crippen molar-refractivity contribution in [1.82, 2.24) is 0 Å². The summed E-state index contributed by atoms with van der Waals surface area (Å²) in [7, 11) is 0. The van der Waals surface area contributed by atoms with Crippen molar-refractivity contribution in [3.05, 3.63) is 24.3 Å². The zero-order valence-corrected chi connectivity index (χ0v) is 12.3. The molecule has 7 atom stereocenters. The van der Waals surface area contributed by atoms with E-state index in [9.17, 15) is 15.0 Å². The molecule has 0 spiro atoms. The van der Waals surface area contributed by atoms with Crippen molar-refractivity contribution in [1.29, 1.82) is 0 Å². The van der Waals surface area contributed by atoms with Gasteiger partial charge in [-0.2, -0.15) is 0 Å². The Labute approximate surface area is 120 Å². The van der Waals surface area contributed by atoms with E-state index >= 15 is 0 Å². The minimum absolute atomic E-state index is 0.0644. The van der Waals surface area contributed by atoms with Gasteiger partial charge in [-0.15, -0.1) is 0 Å². The summed E-state index contributed by atoms with van der Waals surface area (Å²) in [6.45, 7) is 10.2. The number of allylic oxidation sites excluding steroid dienone is 1. The van der Waals surface area contributed by atoms with Crippen LogP contribution < -0.4 is 0 Å². The second kappa shape index (κ2) is 5.34. The van der Waals surface area contributed by atoms with Crippen molar-refractivity contribution in [2.75, 3.05) is 0 Å². The third kappa shape index (κ3) is 2.11. The molecule has 2 N–H and O–H groups in total. The molecule has 0 saturated heterocycles. The summed E-state index contributed by atoms with van der Waals surface area (Å²) >= 11 is 0. The highest BCUT2D eigenvalue weighted by atomic mass is 16.5. The fourth-order valence-electron chi connectivity index (χ4n) is 4.06. The van der Waals surface area contributed by atoms with Gasteiger partial charge in [0, 0.05) is 11.3 Å². The summed E-state index contributed by atoms with van der Waals surface area (Å²) < 4.78 is 5.22. The van der Waals surface area contributed by atoms with Gasteiger partial charge in [0.1, 0.15) is 6.10 Å². The van der Waals surface area contributed by atoms with E-state index in [0.717, 1.165) is 5.57 Å². The predicted octanol–water partition coefficient (Wildman–Crippen LogP) is 1.67. The number of hydrogen-bond acceptors (Lipinski definition) is 4. The number of carbonyl (C=O) groups is 1. The molecular formula is C16H24O4. The second-order valence-electron chi connectivity index (χ2n) is 6.52. The lowest BCUT2D eigenvalue weighted by Gasteiger charge is -2.42. The second-order valence-corrected chi connectivity index (χ2v) is 6.52. The Kier molecular flexibility index (Phi) is 4.07. The quantitative estimate of drug-likeness (QED) is 0.609. The highest BCUT2D eigenvalue weighted by Gasteiger charge is 2.56. The average molecular weight is 280 g/mol. The van der Waals surface area contributed by atoms with Crippen LogP contribution in [0.2, 0.25) is 0 Å². The van der Waals surface area contributed by atoms with E-state index in [1.54, 1.807) is 6.08 Å². The van der Waals surface area contributed by atoms with Crippen LogP contribution in [0.25, 0.3) is 0 Å². The van der Waals surface area contributed by atoms with Gasteiger partial charge in [0.15, 0.2) is 0 Å². The molecular weight excluding hydrogens is 256 g/mol. The lowest BCUT2D eigenvalue weighted by atomic mass is 9.66. The fourth-order valence-corrected chi connectivity index (χ4v) is 4.06. The van der Waals surface area contributed by atoms with Gasteiger partial charge in [-0.3, -0.25) is 4.79 Å². The van der Waals surface area contributed by atoms with E-state index < -0.39 is 23.7 Å². The molecule has 4 nitrogen and oxygen atoms in total. The monoisotopic (exact) mass is 280 g/mol. The Balaban J connectivity index is 2.45. The van der Waals surface area contributed by atoms with Gasteiger partial charge >= 0.3 is 0 Å². The van der Waals surface area contributed by atoms with E-state index in [1.807, 2.05) is 19.9 Å². The summed E-state index contributed by atoms with van der Waals surface area (Å²) in [5.74, 6) is -0.0841. The molecule has 2 aliphatic carbocycles. The molecule has 0 aromatic heterocycles. The van der Waals surface area contributed by atoms with Crippen LogP contribution in [0.15, 0.2) is 24.3 Å². The number of carbonyl (C=O) groups excluding carboxylic acids is 1. The van der Waals surface area contributed by atoms with Gasteiger partial charge in [-0.1, -0.05) is 38.2 Å². The maximum Gasteiger partial charge on any atom is 0.293 e. The van der Waals surface area contributed by atoms with Crippen LogP contribution in [0.1, 0.15) is 27.2 Å². The normalized spacial score (nSPS) is 47.5. The molecule has 3 unspecified atom stereocenters. The van der Waals surface area contributed by atoms with Crippen LogP contribution in [0.3, 0.4) is 0 Å². The standard InChI is InChI=1S/C16H24O4/c1-9(2)14-12(20-8-17)7-10(3)11-5-6-13(18)16(11,4)15(14)19/h5-6,8,10-15,18-19H,1,7H2,2-4H3/t10-,11+,12?,13?,14?,15+,16+/m1/s1. The van der Waals surface area contributed by atoms with Gasteiger partial charge in [0.25, 0.3) is 6.47 Å². The molecule has 20 heavy (non-hydrogen) atoms. The van der Waals surface area contributed by atoms with Gasteiger partial charge < -0.3 is 14.9 Å². The highest BCUT2D eigenvalue weighted by Crippen LogP contribution is 2.52. The molecule has 0 aromatic rings. The van der Waals surface area contributed by atoms with Crippen molar-refractivity contribution in [2.24, 2.45) is 23.2 Å². The lowest BCUT2D eigenvalue weighted by Crippen LogP contribution is -2.49. The van der Waals surface area contributed by atoms with Gasteiger partial charge in [0.05, 0.1) is 12.2 Å².